The van der Waals surface area contributed by atoms with Gasteiger partial charge < -0.3 is 14.6 Å². The van der Waals surface area contributed by atoms with Crippen LogP contribution >= 0.6 is 0 Å². The highest BCUT2D eigenvalue weighted by molar-refractivity contribution is 5.92. The zero-order valence-electron chi connectivity index (χ0n) is 13.3. The summed E-state index contributed by atoms with van der Waals surface area (Å²) in [4.78, 5) is 24.6. The second kappa shape index (κ2) is 6.68. The van der Waals surface area contributed by atoms with Crippen molar-refractivity contribution in [2.45, 2.75) is 19.4 Å². The normalized spacial score (nSPS) is 13.0. The van der Waals surface area contributed by atoms with Crippen molar-refractivity contribution in [2.24, 2.45) is 0 Å². The number of nitrogens with zero attached hydrogens (tertiary/aromatic N) is 4. The van der Waals surface area contributed by atoms with Crippen LogP contribution in [0.2, 0.25) is 0 Å². The van der Waals surface area contributed by atoms with Gasteiger partial charge in [-0.05, 0) is 36.6 Å². The number of hydrogen-bond acceptors (Lipinski definition) is 7. The van der Waals surface area contributed by atoms with Crippen LogP contribution in [0.3, 0.4) is 0 Å². The van der Waals surface area contributed by atoms with Crippen LogP contribution in [0.5, 0.6) is 5.75 Å². The lowest BCUT2D eigenvalue weighted by molar-refractivity contribution is 0.0941. The van der Waals surface area contributed by atoms with Crippen molar-refractivity contribution >= 4 is 5.91 Å². The molecular weight excluding hydrogens is 322 g/mol. The highest BCUT2D eigenvalue weighted by atomic mass is 16.5. The van der Waals surface area contributed by atoms with E-state index in [1.54, 1.807) is 36.8 Å². The smallest absolute Gasteiger partial charge is 0.270 e. The Bertz CT molecular complexity index is 894. The van der Waals surface area contributed by atoms with Crippen molar-refractivity contribution in [3.8, 4) is 17.1 Å². The molecule has 3 aromatic heterocycles. The number of aromatic nitrogens is 4. The van der Waals surface area contributed by atoms with Gasteiger partial charge in [0.2, 0.25) is 11.7 Å². The molecule has 0 unspecified atom stereocenters. The van der Waals surface area contributed by atoms with Gasteiger partial charge in [-0.15, -0.1) is 0 Å². The molecule has 1 N–H and O–H groups in total. The van der Waals surface area contributed by atoms with Crippen molar-refractivity contribution in [1.29, 1.82) is 0 Å². The van der Waals surface area contributed by atoms with Crippen LogP contribution < -0.4 is 10.1 Å². The van der Waals surface area contributed by atoms with Crippen molar-refractivity contribution < 1.29 is 14.1 Å². The minimum Gasteiger partial charge on any atom is -0.492 e. The van der Waals surface area contributed by atoms with E-state index in [1.165, 1.54) is 0 Å². The molecule has 4 rings (SSSR count). The maximum Gasteiger partial charge on any atom is 0.270 e. The summed E-state index contributed by atoms with van der Waals surface area (Å²) in [5, 5.41) is 6.63. The van der Waals surface area contributed by atoms with Crippen molar-refractivity contribution in [1.82, 2.24) is 25.4 Å². The van der Waals surface area contributed by atoms with E-state index in [1.807, 2.05) is 0 Å². The highest BCUT2D eigenvalue weighted by Gasteiger charge is 2.16. The summed E-state index contributed by atoms with van der Waals surface area (Å²) in [5.74, 6) is 1.23. The third kappa shape index (κ3) is 3.32. The Morgan fingerprint density at radius 2 is 2.16 bits per heavy atom. The summed E-state index contributed by atoms with van der Waals surface area (Å²) in [7, 11) is 0. The fourth-order valence-corrected chi connectivity index (χ4v) is 2.57. The van der Waals surface area contributed by atoms with Crippen LogP contribution in [0.25, 0.3) is 11.4 Å². The van der Waals surface area contributed by atoms with E-state index in [-0.39, 0.29) is 12.5 Å². The minimum absolute atomic E-state index is 0.131. The number of nitrogens with one attached hydrogen (secondary N) is 1. The molecule has 4 heterocycles. The first kappa shape index (κ1) is 15.3. The van der Waals surface area contributed by atoms with E-state index in [4.69, 9.17) is 9.26 Å². The summed E-state index contributed by atoms with van der Waals surface area (Å²) in [6.45, 7) is 0.823. The summed E-state index contributed by atoms with van der Waals surface area (Å²) < 4.78 is 10.7. The molecular formula is C17H15N5O3. The number of carbonyl (C=O) groups excluding carboxylic acids is 1. The van der Waals surface area contributed by atoms with Gasteiger partial charge in [-0.1, -0.05) is 5.16 Å². The Kier molecular flexibility index (Phi) is 4.07. The summed E-state index contributed by atoms with van der Waals surface area (Å²) in [5.41, 5.74) is 2.15. The fraction of sp³-hybridized carbons (Fsp3) is 0.235. The van der Waals surface area contributed by atoms with Crippen molar-refractivity contribution in [2.75, 3.05) is 6.61 Å². The van der Waals surface area contributed by atoms with Gasteiger partial charge in [-0.2, -0.15) is 4.98 Å². The molecule has 0 fully saturated rings. The predicted molar refractivity (Wildman–Crippen MR) is 86.8 cm³/mol. The van der Waals surface area contributed by atoms with E-state index in [2.05, 4.69) is 25.4 Å². The van der Waals surface area contributed by atoms with Gasteiger partial charge in [0, 0.05) is 18.0 Å². The number of rotatable bonds is 4. The van der Waals surface area contributed by atoms with Gasteiger partial charge >= 0.3 is 0 Å². The number of carbonyl (C=O) groups is 1. The van der Waals surface area contributed by atoms with Crippen molar-refractivity contribution in [3.63, 3.8) is 0 Å². The molecule has 1 aliphatic rings. The molecule has 1 amide bonds. The van der Waals surface area contributed by atoms with Crippen molar-refractivity contribution in [3.05, 3.63) is 53.9 Å². The quantitative estimate of drug-likeness (QED) is 0.774. The molecule has 25 heavy (non-hydrogen) atoms. The third-order valence-corrected chi connectivity index (χ3v) is 3.84. The largest absolute Gasteiger partial charge is 0.492 e. The number of amides is 1. The van der Waals surface area contributed by atoms with Gasteiger partial charge in [-0.25, -0.2) is 4.98 Å². The van der Waals surface area contributed by atoms with E-state index >= 15 is 0 Å². The molecule has 3 aromatic rings. The molecule has 8 nitrogen and oxygen atoms in total. The van der Waals surface area contributed by atoms with Gasteiger partial charge in [0.05, 0.1) is 19.3 Å². The van der Waals surface area contributed by atoms with E-state index < -0.39 is 0 Å². The molecule has 0 saturated carbocycles. The van der Waals surface area contributed by atoms with Gasteiger partial charge in [-0.3, -0.25) is 9.78 Å². The standard InChI is InChI=1S/C17H15N5O3/c23-17(13-8-12-2-1-7-24-14(12)9-19-13)20-10-15-21-16(22-25-15)11-3-5-18-6-4-11/h3-6,8-9H,1-2,7,10H2,(H,20,23). The zero-order valence-corrected chi connectivity index (χ0v) is 13.3. The maximum absolute atomic E-state index is 12.3. The first-order valence-corrected chi connectivity index (χ1v) is 7.92. The minimum atomic E-state index is -0.294. The van der Waals surface area contributed by atoms with Crippen LogP contribution in [-0.2, 0) is 13.0 Å². The Labute approximate surface area is 143 Å². The number of aryl methyl sites for hydroxylation is 1. The molecule has 0 radical (unpaired) electrons. The zero-order chi connectivity index (χ0) is 17.1. The number of hydrogen-bond donors (Lipinski definition) is 1. The molecule has 0 atom stereocenters. The van der Waals surface area contributed by atoms with Crippen LogP contribution in [0.4, 0.5) is 0 Å². The Morgan fingerprint density at radius 1 is 1.28 bits per heavy atom. The second-order valence-corrected chi connectivity index (χ2v) is 5.56. The number of pyridine rings is 2. The lowest BCUT2D eigenvalue weighted by Gasteiger charge is -2.16. The van der Waals surface area contributed by atoms with Gasteiger partial charge in [0.15, 0.2) is 0 Å². The first-order chi connectivity index (χ1) is 12.3. The highest BCUT2D eigenvalue weighted by Crippen LogP contribution is 2.24. The Morgan fingerprint density at radius 3 is 3.04 bits per heavy atom. The topological polar surface area (TPSA) is 103 Å². The molecule has 1 aliphatic heterocycles. The van der Waals surface area contributed by atoms with E-state index in [0.717, 1.165) is 29.7 Å². The van der Waals surface area contributed by atoms with Gasteiger partial charge in [0.25, 0.3) is 5.91 Å². The average Bonchev–Trinajstić information content (AvgIpc) is 3.15. The lowest BCUT2D eigenvalue weighted by Crippen LogP contribution is -2.24. The van der Waals surface area contributed by atoms with E-state index in [9.17, 15) is 4.79 Å². The van der Waals surface area contributed by atoms with Crippen LogP contribution in [-0.4, -0.2) is 32.6 Å². The molecule has 0 bridgehead atoms. The average molecular weight is 337 g/mol. The summed E-state index contributed by atoms with van der Waals surface area (Å²) >= 11 is 0. The monoisotopic (exact) mass is 337 g/mol. The molecule has 0 saturated heterocycles. The summed E-state index contributed by atoms with van der Waals surface area (Å²) in [6, 6.07) is 5.33. The van der Waals surface area contributed by atoms with Crippen LogP contribution in [0.15, 0.2) is 41.3 Å². The summed E-state index contributed by atoms with van der Waals surface area (Å²) in [6.07, 6.45) is 6.73. The molecule has 126 valence electrons. The maximum atomic E-state index is 12.3. The van der Waals surface area contributed by atoms with Crippen LogP contribution in [0.1, 0.15) is 28.4 Å². The number of fused-ring (bicyclic) bond motifs is 1. The predicted octanol–water partition coefficient (Wildman–Crippen LogP) is 1.78. The van der Waals surface area contributed by atoms with Gasteiger partial charge in [0.1, 0.15) is 11.4 Å². The third-order valence-electron chi connectivity index (χ3n) is 3.84. The molecule has 8 heteroatoms. The second-order valence-electron chi connectivity index (χ2n) is 5.56. The lowest BCUT2D eigenvalue weighted by atomic mass is 10.1. The SMILES string of the molecule is O=C(NCc1nc(-c2ccncc2)no1)c1cc2c(cn1)OCCC2. The van der Waals surface area contributed by atoms with E-state index in [0.29, 0.717) is 24.0 Å². The molecule has 0 aliphatic carbocycles. The Hall–Kier alpha value is -3.29. The van der Waals surface area contributed by atoms with Crippen LogP contribution in [0, 0.1) is 0 Å². The molecule has 0 aromatic carbocycles. The number of ether oxygens (including phenoxy) is 1. The molecule has 0 spiro atoms. The first-order valence-electron chi connectivity index (χ1n) is 7.92. The fourth-order valence-electron chi connectivity index (χ4n) is 2.57. The Balaban J connectivity index is 1.41.